The largest absolute Gasteiger partial charge is 0.496 e. The first-order valence-electron chi connectivity index (χ1n) is 8.35. The van der Waals surface area contributed by atoms with Crippen molar-refractivity contribution in [2.24, 2.45) is 0 Å². The lowest BCUT2D eigenvalue weighted by Crippen LogP contribution is -2.03. The van der Waals surface area contributed by atoms with E-state index in [1.807, 2.05) is 6.92 Å². The molecular weight excluding hydrogens is 381 g/mol. The summed E-state index contributed by atoms with van der Waals surface area (Å²) in [7, 11) is -1.20. The summed E-state index contributed by atoms with van der Waals surface area (Å²) < 4.78 is 38.1. The third-order valence-corrected chi connectivity index (χ3v) is 4.70. The zero-order chi connectivity index (χ0) is 20.3. The van der Waals surface area contributed by atoms with Crippen LogP contribution in [-0.2, 0) is 15.5 Å². The van der Waals surface area contributed by atoms with Crippen LogP contribution in [0.25, 0.3) is 11.3 Å². The third-order valence-electron chi connectivity index (χ3n) is 3.82. The van der Waals surface area contributed by atoms with Gasteiger partial charge in [-0.3, -0.25) is 4.78 Å². The van der Waals surface area contributed by atoms with E-state index in [0.29, 0.717) is 28.6 Å². The van der Waals surface area contributed by atoms with E-state index in [4.69, 9.17) is 9.52 Å². The van der Waals surface area contributed by atoms with E-state index in [1.165, 1.54) is 31.8 Å². The Labute approximate surface area is 163 Å². The smallest absolute Gasteiger partial charge is 0.135 e. The van der Waals surface area contributed by atoms with E-state index >= 15 is 0 Å². The fourth-order valence-electron chi connectivity index (χ4n) is 2.79. The van der Waals surface area contributed by atoms with Gasteiger partial charge in [0.2, 0.25) is 0 Å². The molecule has 3 rings (SSSR count). The van der Waals surface area contributed by atoms with Gasteiger partial charge >= 0.3 is 0 Å². The van der Waals surface area contributed by atoms with Crippen LogP contribution in [0, 0.1) is 17.5 Å². The summed E-state index contributed by atoms with van der Waals surface area (Å²) >= 11 is 0. The second-order valence-corrected chi connectivity index (χ2v) is 8.71. The third kappa shape index (κ3) is 5.01. The first-order chi connectivity index (χ1) is 13.2. The Hall–Kier alpha value is -3.07. The van der Waals surface area contributed by atoms with Crippen molar-refractivity contribution in [2.45, 2.75) is 12.7 Å². The molecule has 0 amide bonds. The number of ether oxygens (including phenoxy) is 1. The fraction of sp³-hybridized carbons (Fsp3) is 0.211. The summed E-state index contributed by atoms with van der Waals surface area (Å²) in [5.74, 6) is 1.13. The molecule has 2 N–H and O–H groups in total. The molecule has 2 aromatic heterocycles. The summed E-state index contributed by atoms with van der Waals surface area (Å²) in [5.41, 5.74) is 2.68. The van der Waals surface area contributed by atoms with Crippen molar-refractivity contribution >= 4 is 21.4 Å². The van der Waals surface area contributed by atoms with Crippen molar-refractivity contribution in [1.29, 1.82) is 4.78 Å². The highest BCUT2D eigenvalue weighted by molar-refractivity contribution is 7.90. The number of benzene rings is 1. The topological polar surface area (TPSA) is 101 Å². The van der Waals surface area contributed by atoms with Gasteiger partial charge in [0.25, 0.3) is 0 Å². The molecule has 1 atom stereocenters. The molecule has 0 aliphatic heterocycles. The van der Waals surface area contributed by atoms with Crippen LogP contribution in [0.1, 0.15) is 11.3 Å². The number of anilines is 2. The van der Waals surface area contributed by atoms with Crippen molar-refractivity contribution in [3.05, 3.63) is 59.8 Å². The predicted molar refractivity (Wildman–Crippen MR) is 107 cm³/mol. The van der Waals surface area contributed by atoms with Gasteiger partial charge in [0.05, 0.1) is 18.6 Å². The maximum atomic E-state index is 13.4. The van der Waals surface area contributed by atoms with Crippen LogP contribution in [0.3, 0.4) is 0 Å². The second kappa shape index (κ2) is 7.89. The number of nitrogens with zero attached hydrogens (tertiary/aromatic N) is 3. The van der Waals surface area contributed by atoms with E-state index < -0.39 is 15.5 Å². The van der Waals surface area contributed by atoms with Crippen LogP contribution in [-0.4, -0.2) is 32.5 Å². The SMILES string of the molecule is COc1cc(F)ccc1-c1cc(Nc2cc(CS(C)(=N)=O)cc(C)n2)ncn1. The van der Waals surface area contributed by atoms with Crippen molar-refractivity contribution in [3.8, 4) is 17.0 Å². The van der Waals surface area contributed by atoms with Gasteiger partial charge in [-0.15, -0.1) is 0 Å². The highest BCUT2D eigenvalue weighted by Gasteiger charge is 2.11. The molecule has 0 bridgehead atoms. The molecule has 0 aliphatic carbocycles. The van der Waals surface area contributed by atoms with E-state index in [1.54, 1.807) is 24.3 Å². The van der Waals surface area contributed by atoms with Gasteiger partial charge in [0.1, 0.15) is 29.5 Å². The molecule has 146 valence electrons. The molecule has 0 saturated heterocycles. The number of hydrogen-bond acceptors (Lipinski definition) is 7. The summed E-state index contributed by atoms with van der Waals surface area (Å²) in [4.78, 5) is 12.8. The van der Waals surface area contributed by atoms with E-state index in [0.717, 1.165) is 11.3 Å². The lowest BCUT2D eigenvalue weighted by Gasteiger charge is -2.11. The van der Waals surface area contributed by atoms with Gasteiger partial charge < -0.3 is 10.1 Å². The molecule has 9 heteroatoms. The Morgan fingerprint density at radius 3 is 2.68 bits per heavy atom. The summed E-state index contributed by atoms with van der Waals surface area (Å²) in [6, 6.07) is 9.47. The lowest BCUT2D eigenvalue weighted by atomic mass is 10.1. The summed E-state index contributed by atoms with van der Waals surface area (Å²) in [5, 5.41) is 3.10. The van der Waals surface area contributed by atoms with Gasteiger partial charge in [-0.1, -0.05) is 0 Å². The molecule has 7 nitrogen and oxygen atoms in total. The number of methoxy groups -OCH3 is 1. The molecule has 0 spiro atoms. The maximum absolute atomic E-state index is 13.4. The Balaban J connectivity index is 1.92. The van der Waals surface area contributed by atoms with Gasteiger partial charge in [-0.25, -0.2) is 23.6 Å². The van der Waals surface area contributed by atoms with Crippen LogP contribution in [0.4, 0.5) is 16.0 Å². The number of halogens is 1. The molecule has 1 aromatic carbocycles. The number of hydrogen-bond donors (Lipinski definition) is 2. The van der Waals surface area contributed by atoms with Crippen molar-refractivity contribution in [2.75, 3.05) is 18.7 Å². The Morgan fingerprint density at radius 1 is 1.18 bits per heavy atom. The van der Waals surface area contributed by atoms with Crippen molar-refractivity contribution < 1.29 is 13.3 Å². The average Bonchev–Trinajstić information content (AvgIpc) is 2.59. The van der Waals surface area contributed by atoms with Gasteiger partial charge in [0.15, 0.2) is 0 Å². The molecule has 2 heterocycles. The van der Waals surface area contributed by atoms with Crippen molar-refractivity contribution in [3.63, 3.8) is 0 Å². The first kappa shape index (κ1) is 19.7. The Morgan fingerprint density at radius 2 is 1.96 bits per heavy atom. The quantitative estimate of drug-likeness (QED) is 0.649. The average molecular weight is 401 g/mol. The maximum Gasteiger partial charge on any atom is 0.135 e. The number of nitrogens with one attached hydrogen (secondary N) is 2. The minimum atomic E-state index is -2.66. The standard InChI is InChI=1S/C19H20FN5O2S/c1-12-6-13(10-28(3,21)26)7-19(24-12)25-18-9-16(22-11-23-18)15-5-4-14(20)8-17(15)27-2/h4-9,11,21H,10H2,1-3H3,(H,22,23,24,25). The van der Waals surface area contributed by atoms with Crippen LogP contribution in [0.2, 0.25) is 0 Å². The van der Waals surface area contributed by atoms with Gasteiger partial charge in [-0.2, -0.15) is 0 Å². The predicted octanol–water partition coefficient (Wildman–Crippen LogP) is 3.91. The fourth-order valence-corrected chi connectivity index (χ4v) is 3.59. The number of rotatable bonds is 6. The van der Waals surface area contributed by atoms with E-state index in [9.17, 15) is 8.60 Å². The minimum Gasteiger partial charge on any atom is -0.496 e. The van der Waals surface area contributed by atoms with Crippen molar-refractivity contribution in [1.82, 2.24) is 15.0 Å². The molecule has 0 aliphatic rings. The van der Waals surface area contributed by atoms with E-state index in [2.05, 4.69) is 20.3 Å². The summed E-state index contributed by atoms with van der Waals surface area (Å²) in [6.45, 7) is 1.82. The van der Waals surface area contributed by atoms with E-state index in [-0.39, 0.29) is 5.75 Å². The van der Waals surface area contributed by atoms with Crippen LogP contribution < -0.4 is 10.1 Å². The minimum absolute atomic E-state index is 0.146. The lowest BCUT2D eigenvalue weighted by molar-refractivity contribution is 0.413. The summed E-state index contributed by atoms with van der Waals surface area (Å²) in [6.07, 6.45) is 2.79. The molecule has 1 unspecified atom stereocenters. The molecule has 0 saturated carbocycles. The molecular formula is C19H20FN5O2S. The zero-order valence-electron chi connectivity index (χ0n) is 15.7. The second-order valence-electron chi connectivity index (χ2n) is 6.41. The zero-order valence-corrected chi connectivity index (χ0v) is 16.5. The molecule has 0 fully saturated rings. The normalized spacial score (nSPS) is 13.0. The molecule has 0 radical (unpaired) electrons. The van der Waals surface area contributed by atoms with Gasteiger partial charge in [-0.05, 0) is 36.8 Å². The van der Waals surface area contributed by atoms with Crippen LogP contribution in [0.15, 0.2) is 42.7 Å². The first-order valence-corrected chi connectivity index (χ1v) is 10.5. The Kier molecular flexibility index (Phi) is 5.55. The van der Waals surface area contributed by atoms with Crippen LogP contribution >= 0.6 is 0 Å². The number of aryl methyl sites for hydroxylation is 1. The highest BCUT2D eigenvalue weighted by atomic mass is 32.2. The number of aromatic nitrogens is 3. The highest BCUT2D eigenvalue weighted by Crippen LogP contribution is 2.30. The van der Waals surface area contributed by atoms with Crippen LogP contribution in [0.5, 0.6) is 5.75 Å². The monoisotopic (exact) mass is 401 g/mol. The number of pyridine rings is 1. The van der Waals surface area contributed by atoms with Gasteiger partial charge in [0, 0.05) is 39.4 Å². The Bertz CT molecular complexity index is 1120. The molecule has 3 aromatic rings. The molecule has 28 heavy (non-hydrogen) atoms.